The van der Waals surface area contributed by atoms with Crippen molar-refractivity contribution in [1.29, 1.82) is 0 Å². The van der Waals surface area contributed by atoms with Gasteiger partial charge < -0.3 is 15.7 Å². The van der Waals surface area contributed by atoms with Gasteiger partial charge in [-0.2, -0.15) is 0 Å². The van der Waals surface area contributed by atoms with Crippen LogP contribution in [0.15, 0.2) is 36.9 Å². The first-order valence-corrected chi connectivity index (χ1v) is 6.46. The average molecular weight is 290 g/mol. The van der Waals surface area contributed by atoms with Crippen LogP contribution in [0.1, 0.15) is 33.6 Å². The Labute approximate surface area is 122 Å². The van der Waals surface area contributed by atoms with E-state index in [1.165, 1.54) is 19.2 Å². The molecule has 0 aliphatic heterocycles. The maximum atomic E-state index is 12.1. The molecule has 1 rings (SSSR count). The number of hydrogen-bond donors (Lipinski definition) is 3. The van der Waals surface area contributed by atoms with Gasteiger partial charge in [-0.1, -0.05) is 12.1 Å². The molecule has 0 aliphatic carbocycles. The van der Waals surface area contributed by atoms with Gasteiger partial charge in [0.1, 0.15) is 6.04 Å². The highest BCUT2D eigenvalue weighted by Gasteiger charge is 2.20. The number of hydrogen-bond acceptors (Lipinski definition) is 3. The van der Waals surface area contributed by atoms with E-state index in [1.54, 1.807) is 18.2 Å². The van der Waals surface area contributed by atoms with Crippen molar-refractivity contribution in [2.75, 3.05) is 7.05 Å². The van der Waals surface area contributed by atoms with Crippen molar-refractivity contribution in [3.8, 4) is 0 Å². The third-order valence-electron chi connectivity index (χ3n) is 2.88. The molecule has 0 bridgehead atoms. The number of amides is 2. The second-order valence-corrected chi connectivity index (χ2v) is 4.39. The van der Waals surface area contributed by atoms with Crippen molar-refractivity contribution in [2.45, 2.75) is 18.9 Å². The van der Waals surface area contributed by atoms with Crippen molar-refractivity contribution in [1.82, 2.24) is 10.6 Å². The van der Waals surface area contributed by atoms with Crippen LogP contribution >= 0.6 is 0 Å². The van der Waals surface area contributed by atoms with Crippen LogP contribution in [0, 0.1) is 0 Å². The molecule has 2 amide bonds. The van der Waals surface area contributed by atoms with Gasteiger partial charge in [0.25, 0.3) is 11.8 Å². The molecule has 112 valence electrons. The number of carboxylic acid groups (broad SMARTS) is 1. The van der Waals surface area contributed by atoms with Crippen molar-refractivity contribution in [2.24, 2.45) is 0 Å². The molecule has 21 heavy (non-hydrogen) atoms. The Hall–Kier alpha value is -2.63. The van der Waals surface area contributed by atoms with Crippen LogP contribution in [0.25, 0.3) is 0 Å². The number of carbonyl (C=O) groups is 3. The third-order valence-corrected chi connectivity index (χ3v) is 2.88. The van der Waals surface area contributed by atoms with Gasteiger partial charge in [-0.25, -0.2) is 4.79 Å². The van der Waals surface area contributed by atoms with Gasteiger partial charge in [0.15, 0.2) is 0 Å². The molecular formula is C15H18N2O4. The van der Waals surface area contributed by atoms with Crippen molar-refractivity contribution in [3.05, 3.63) is 48.0 Å². The van der Waals surface area contributed by atoms with Gasteiger partial charge >= 0.3 is 5.97 Å². The first-order valence-electron chi connectivity index (χ1n) is 6.46. The summed E-state index contributed by atoms with van der Waals surface area (Å²) in [6.45, 7) is 3.52. The summed E-state index contributed by atoms with van der Waals surface area (Å²) in [4.78, 5) is 34.6. The minimum atomic E-state index is -1.10. The second-order valence-electron chi connectivity index (χ2n) is 4.39. The van der Waals surface area contributed by atoms with Crippen LogP contribution in [0.5, 0.6) is 0 Å². The zero-order chi connectivity index (χ0) is 15.8. The van der Waals surface area contributed by atoms with Crippen LogP contribution in [-0.2, 0) is 4.79 Å². The Bertz CT molecular complexity index is 554. The fourth-order valence-corrected chi connectivity index (χ4v) is 1.73. The van der Waals surface area contributed by atoms with Crippen LogP contribution in [0.4, 0.5) is 0 Å². The molecule has 0 fully saturated rings. The van der Waals surface area contributed by atoms with Gasteiger partial charge in [-0.05, 0) is 31.0 Å². The van der Waals surface area contributed by atoms with E-state index in [-0.39, 0.29) is 17.9 Å². The Morgan fingerprint density at radius 1 is 1.29 bits per heavy atom. The van der Waals surface area contributed by atoms with Gasteiger partial charge in [0.05, 0.1) is 0 Å². The fourth-order valence-electron chi connectivity index (χ4n) is 1.73. The lowest BCUT2D eigenvalue weighted by Gasteiger charge is -2.14. The number of carboxylic acids is 1. The molecule has 0 spiro atoms. The number of nitrogens with one attached hydrogen (secondary N) is 2. The summed E-state index contributed by atoms with van der Waals surface area (Å²) in [7, 11) is 1.49. The Kier molecular flexibility index (Phi) is 6.13. The molecule has 0 saturated heterocycles. The highest BCUT2D eigenvalue weighted by molar-refractivity contribution is 6.00. The van der Waals surface area contributed by atoms with E-state index in [0.717, 1.165) is 0 Å². The number of aliphatic carboxylic acids is 1. The summed E-state index contributed by atoms with van der Waals surface area (Å²) in [5.41, 5.74) is 0.573. The van der Waals surface area contributed by atoms with E-state index in [1.807, 2.05) is 0 Å². The summed E-state index contributed by atoms with van der Waals surface area (Å²) >= 11 is 0. The zero-order valence-corrected chi connectivity index (χ0v) is 11.8. The molecule has 1 aromatic rings. The smallest absolute Gasteiger partial charge is 0.326 e. The molecule has 6 nitrogen and oxygen atoms in total. The molecule has 0 heterocycles. The second kappa shape index (κ2) is 7.84. The van der Waals surface area contributed by atoms with Crippen LogP contribution < -0.4 is 10.6 Å². The standard InChI is InChI=1S/C15H18N2O4/c1-3-4-8-12(15(20)21)17-14(19)11-7-5-6-10(9-11)13(18)16-2/h3,5-7,9,12H,1,4,8H2,2H3,(H,16,18)(H,17,19)(H,20,21). The first-order chi connectivity index (χ1) is 9.99. The number of allylic oxidation sites excluding steroid dienone is 1. The monoisotopic (exact) mass is 290 g/mol. The van der Waals surface area contributed by atoms with E-state index >= 15 is 0 Å². The van der Waals surface area contributed by atoms with E-state index in [4.69, 9.17) is 5.11 Å². The number of benzene rings is 1. The van der Waals surface area contributed by atoms with Gasteiger partial charge in [0, 0.05) is 18.2 Å². The normalized spacial score (nSPS) is 11.3. The number of carbonyl (C=O) groups excluding carboxylic acids is 2. The lowest BCUT2D eigenvalue weighted by molar-refractivity contribution is -0.139. The Balaban J connectivity index is 2.84. The van der Waals surface area contributed by atoms with E-state index < -0.39 is 17.9 Å². The van der Waals surface area contributed by atoms with Crippen molar-refractivity contribution < 1.29 is 19.5 Å². The Morgan fingerprint density at radius 3 is 2.43 bits per heavy atom. The molecule has 1 atom stereocenters. The molecule has 3 N–H and O–H groups in total. The molecule has 0 aromatic heterocycles. The predicted molar refractivity (Wildman–Crippen MR) is 78.2 cm³/mol. The SMILES string of the molecule is C=CCCC(NC(=O)c1cccc(C(=O)NC)c1)C(=O)O. The molecule has 1 unspecified atom stereocenters. The molecule has 0 aliphatic rings. The van der Waals surface area contributed by atoms with Gasteiger partial charge in [-0.3, -0.25) is 9.59 Å². The zero-order valence-electron chi connectivity index (χ0n) is 11.8. The van der Waals surface area contributed by atoms with Gasteiger partial charge in [0.2, 0.25) is 0 Å². The topological polar surface area (TPSA) is 95.5 Å². The summed E-state index contributed by atoms with van der Waals surface area (Å²) in [6, 6.07) is 5.09. The molecule has 1 aromatic carbocycles. The lowest BCUT2D eigenvalue weighted by atomic mass is 10.1. The highest BCUT2D eigenvalue weighted by atomic mass is 16.4. The van der Waals surface area contributed by atoms with E-state index in [0.29, 0.717) is 12.0 Å². The summed E-state index contributed by atoms with van der Waals surface area (Å²) in [5.74, 6) is -1.95. The van der Waals surface area contributed by atoms with Crippen molar-refractivity contribution in [3.63, 3.8) is 0 Å². The largest absolute Gasteiger partial charge is 0.480 e. The first kappa shape index (κ1) is 16.4. The van der Waals surface area contributed by atoms with Gasteiger partial charge in [-0.15, -0.1) is 6.58 Å². The average Bonchev–Trinajstić information content (AvgIpc) is 2.50. The molecule has 6 heteroatoms. The highest BCUT2D eigenvalue weighted by Crippen LogP contribution is 2.07. The lowest BCUT2D eigenvalue weighted by Crippen LogP contribution is -2.40. The summed E-state index contributed by atoms with van der Waals surface area (Å²) in [5, 5.41) is 14.0. The maximum Gasteiger partial charge on any atom is 0.326 e. The molecular weight excluding hydrogens is 272 g/mol. The fraction of sp³-hybridized carbons (Fsp3) is 0.267. The quantitative estimate of drug-likeness (QED) is 0.657. The number of rotatable bonds is 7. The minimum Gasteiger partial charge on any atom is -0.480 e. The minimum absolute atomic E-state index is 0.237. The third kappa shape index (κ3) is 4.76. The van der Waals surface area contributed by atoms with Crippen LogP contribution in [0.2, 0.25) is 0 Å². The summed E-state index contributed by atoms with van der Waals surface area (Å²) < 4.78 is 0. The van der Waals surface area contributed by atoms with Crippen LogP contribution in [0.3, 0.4) is 0 Å². The predicted octanol–water partition coefficient (Wildman–Crippen LogP) is 1.20. The summed E-state index contributed by atoms with van der Waals surface area (Å²) in [6.07, 6.45) is 2.34. The molecule has 0 saturated carbocycles. The van der Waals surface area contributed by atoms with Crippen molar-refractivity contribution >= 4 is 17.8 Å². The van der Waals surface area contributed by atoms with E-state index in [2.05, 4.69) is 17.2 Å². The molecule has 0 radical (unpaired) electrons. The Morgan fingerprint density at radius 2 is 1.90 bits per heavy atom. The van der Waals surface area contributed by atoms with Crippen LogP contribution in [-0.4, -0.2) is 36.0 Å². The van der Waals surface area contributed by atoms with E-state index in [9.17, 15) is 14.4 Å². The maximum absolute atomic E-state index is 12.1.